The van der Waals surface area contributed by atoms with Crippen LogP contribution >= 0.6 is 23.1 Å². The van der Waals surface area contributed by atoms with Gasteiger partial charge in [0.05, 0.1) is 23.7 Å². The summed E-state index contributed by atoms with van der Waals surface area (Å²) in [7, 11) is 1.55. The normalized spacial score (nSPS) is 19.9. The summed E-state index contributed by atoms with van der Waals surface area (Å²) in [6.07, 6.45) is 0. The van der Waals surface area contributed by atoms with Gasteiger partial charge in [0.25, 0.3) is 0 Å². The van der Waals surface area contributed by atoms with Crippen LogP contribution in [0.25, 0.3) is 0 Å². The van der Waals surface area contributed by atoms with Gasteiger partial charge in [-0.25, -0.2) is 4.90 Å². The van der Waals surface area contributed by atoms with Gasteiger partial charge >= 0.3 is 4.87 Å². The molecular formula is C29H23N3O5S2. The van der Waals surface area contributed by atoms with E-state index in [9.17, 15) is 19.2 Å². The lowest BCUT2D eigenvalue weighted by molar-refractivity contribution is -0.122. The minimum atomic E-state index is -0.741. The number of imide groups is 1. The van der Waals surface area contributed by atoms with Crippen LogP contribution in [0.2, 0.25) is 0 Å². The molecule has 3 aromatic carbocycles. The van der Waals surface area contributed by atoms with Crippen LogP contribution in [0.15, 0.2) is 94.7 Å². The third kappa shape index (κ3) is 4.45. The van der Waals surface area contributed by atoms with Gasteiger partial charge in [-0.1, -0.05) is 71.6 Å². The van der Waals surface area contributed by atoms with Gasteiger partial charge in [0.1, 0.15) is 17.5 Å². The van der Waals surface area contributed by atoms with E-state index in [2.05, 4.69) is 5.32 Å². The lowest BCUT2D eigenvalue weighted by Crippen LogP contribution is -2.33. The highest BCUT2D eigenvalue weighted by Crippen LogP contribution is 2.53. The number of nitrogens with zero attached hydrogens (tertiary/aromatic N) is 2. The van der Waals surface area contributed by atoms with E-state index in [-0.39, 0.29) is 29.1 Å². The molecule has 0 radical (unpaired) electrons. The first-order chi connectivity index (χ1) is 19.0. The van der Waals surface area contributed by atoms with Crippen LogP contribution in [0.1, 0.15) is 16.4 Å². The number of aromatic nitrogens is 1. The van der Waals surface area contributed by atoms with Crippen molar-refractivity contribution >= 4 is 52.2 Å². The smallest absolute Gasteiger partial charge is 0.308 e. The number of rotatable bonds is 6. The summed E-state index contributed by atoms with van der Waals surface area (Å²) in [6, 6.07) is 25.3. The number of fused-ring (bicyclic) bond motifs is 2. The molecule has 196 valence electrons. The SMILES string of the molecule is COc1ccc(N2C(=O)C3Sc4c(sc(=O)n4CC(=O)Nc4ccccc4)[C@H](c4ccccc4)C3C2=O)cc1. The van der Waals surface area contributed by atoms with Crippen molar-refractivity contribution in [3.8, 4) is 5.75 Å². The molecule has 0 aliphatic carbocycles. The molecule has 1 N–H and O–H groups in total. The van der Waals surface area contributed by atoms with Gasteiger partial charge in [0.2, 0.25) is 17.7 Å². The first-order valence-corrected chi connectivity index (χ1v) is 14.0. The maximum absolute atomic E-state index is 13.9. The van der Waals surface area contributed by atoms with Crippen LogP contribution in [0.3, 0.4) is 0 Å². The molecule has 1 saturated heterocycles. The average molecular weight is 558 g/mol. The van der Waals surface area contributed by atoms with E-state index in [1.807, 2.05) is 48.5 Å². The Morgan fingerprint density at radius 1 is 0.897 bits per heavy atom. The summed E-state index contributed by atoms with van der Waals surface area (Å²) < 4.78 is 6.64. The van der Waals surface area contributed by atoms with Crippen molar-refractivity contribution in [3.63, 3.8) is 0 Å². The molecule has 8 nitrogen and oxygen atoms in total. The topological polar surface area (TPSA) is 97.7 Å². The van der Waals surface area contributed by atoms with E-state index in [0.717, 1.165) is 16.9 Å². The summed E-state index contributed by atoms with van der Waals surface area (Å²) in [6.45, 7) is -0.199. The van der Waals surface area contributed by atoms with Gasteiger partial charge in [0, 0.05) is 16.5 Å². The number of anilines is 2. The quantitative estimate of drug-likeness (QED) is 0.354. The van der Waals surface area contributed by atoms with E-state index in [4.69, 9.17) is 4.74 Å². The van der Waals surface area contributed by atoms with Gasteiger partial charge < -0.3 is 10.1 Å². The van der Waals surface area contributed by atoms with Gasteiger partial charge in [-0.15, -0.1) is 0 Å². The highest BCUT2D eigenvalue weighted by Gasteiger charge is 2.56. The van der Waals surface area contributed by atoms with E-state index < -0.39 is 17.1 Å². The van der Waals surface area contributed by atoms with E-state index in [1.165, 1.54) is 21.2 Å². The number of carbonyl (C=O) groups excluding carboxylic acids is 3. The van der Waals surface area contributed by atoms with Crippen LogP contribution < -0.4 is 19.8 Å². The van der Waals surface area contributed by atoms with Crippen molar-refractivity contribution in [3.05, 3.63) is 105 Å². The fourth-order valence-electron chi connectivity index (χ4n) is 5.13. The number of amides is 3. The van der Waals surface area contributed by atoms with Gasteiger partial charge in [-0.2, -0.15) is 0 Å². The summed E-state index contributed by atoms with van der Waals surface area (Å²) in [4.78, 5) is 55.4. The predicted octanol–water partition coefficient (Wildman–Crippen LogP) is 4.35. The fourth-order valence-corrected chi connectivity index (χ4v) is 7.90. The summed E-state index contributed by atoms with van der Waals surface area (Å²) in [5.74, 6) is -1.57. The molecule has 0 saturated carbocycles. The standard InChI is InChI=1S/C29H23N3O5S2/c1-37-20-14-12-19(13-15-20)32-26(34)23-22(17-8-4-2-5-9-17)25-28(38-24(23)27(32)35)31(29(36)39-25)16-21(33)30-18-10-6-3-7-11-18/h2-15,22-24H,16H2,1H3,(H,30,33)/t22-,23?,24?/m1/s1. The molecule has 10 heteroatoms. The molecule has 4 aromatic rings. The summed E-state index contributed by atoms with van der Waals surface area (Å²) in [5.41, 5.74) is 1.94. The molecule has 3 atom stereocenters. The average Bonchev–Trinajstić information content (AvgIpc) is 3.40. The molecule has 3 amide bonds. The molecular weight excluding hydrogens is 534 g/mol. The number of hydrogen-bond acceptors (Lipinski definition) is 7. The minimum absolute atomic E-state index is 0.199. The van der Waals surface area contributed by atoms with E-state index in [0.29, 0.717) is 27.0 Å². The van der Waals surface area contributed by atoms with Crippen molar-refractivity contribution in [2.45, 2.75) is 22.7 Å². The zero-order valence-electron chi connectivity index (χ0n) is 20.8. The number of thiazole rings is 1. The number of methoxy groups -OCH3 is 1. The van der Waals surface area contributed by atoms with Crippen molar-refractivity contribution in [2.24, 2.45) is 5.92 Å². The predicted molar refractivity (Wildman–Crippen MR) is 151 cm³/mol. The number of nitrogens with one attached hydrogen (secondary N) is 1. The Morgan fingerprint density at radius 2 is 1.56 bits per heavy atom. The Labute approximate surface area is 232 Å². The second-order valence-electron chi connectivity index (χ2n) is 9.20. The van der Waals surface area contributed by atoms with Gasteiger partial charge in [-0.05, 0) is 42.0 Å². The maximum Gasteiger partial charge on any atom is 0.308 e. The Hall–Kier alpha value is -4.15. The Balaban J connectivity index is 1.40. The molecule has 2 aliphatic rings. The number of para-hydroxylation sites is 1. The Bertz CT molecular complexity index is 1620. The number of thioether (sulfide) groups is 1. The van der Waals surface area contributed by atoms with Crippen molar-refractivity contribution in [1.82, 2.24) is 4.57 Å². The first-order valence-electron chi connectivity index (χ1n) is 12.3. The largest absolute Gasteiger partial charge is 0.497 e. The molecule has 6 rings (SSSR count). The molecule has 39 heavy (non-hydrogen) atoms. The number of ether oxygens (including phenoxy) is 1. The highest BCUT2D eigenvalue weighted by molar-refractivity contribution is 8.00. The molecule has 3 heterocycles. The Morgan fingerprint density at radius 3 is 2.23 bits per heavy atom. The molecule has 1 aromatic heterocycles. The van der Waals surface area contributed by atoms with Crippen molar-refractivity contribution in [2.75, 3.05) is 17.3 Å². The van der Waals surface area contributed by atoms with Crippen molar-refractivity contribution < 1.29 is 19.1 Å². The third-order valence-corrected chi connectivity index (χ3v) is 9.50. The summed E-state index contributed by atoms with van der Waals surface area (Å²) >= 11 is 2.23. The fraction of sp³-hybridized carbons (Fsp3) is 0.172. The zero-order chi connectivity index (χ0) is 27.1. The number of benzene rings is 3. The number of hydrogen-bond donors (Lipinski definition) is 1. The molecule has 0 bridgehead atoms. The van der Waals surface area contributed by atoms with Crippen LogP contribution in [0.4, 0.5) is 11.4 Å². The summed E-state index contributed by atoms with van der Waals surface area (Å²) in [5, 5.41) is 2.63. The second-order valence-corrected chi connectivity index (χ2v) is 11.3. The monoisotopic (exact) mass is 557 g/mol. The van der Waals surface area contributed by atoms with E-state index in [1.54, 1.807) is 43.5 Å². The lowest BCUT2D eigenvalue weighted by atomic mass is 9.83. The lowest BCUT2D eigenvalue weighted by Gasteiger charge is -2.30. The molecule has 0 spiro atoms. The molecule has 2 unspecified atom stereocenters. The minimum Gasteiger partial charge on any atom is -0.497 e. The van der Waals surface area contributed by atoms with Crippen LogP contribution in [0, 0.1) is 5.92 Å². The first kappa shape index (κ1) is 25.1. The van der Waals surface area contributed by atoms with Gasteiger partial charge in [-0.3, -0.25) is 23.7 Å². The van der Waals surface area contributed by atoms with Crippen molar-refractivity contribution in [1.29, 1.82) is 0 Å². The number of carbonyl (C=O) groups is 3. The molecule has 1 fully saturated rings. The van der Waals surface area contributed by atoms with Crippen LogP contribution in [-0.2, 0) is 20.9 Å². The second kappa shape index (κ2) is 10.2. The van der Waals surface area contributed by atoms with E-state index >= 15 is 0 Å². The highest BCUT2D eigenvalue weighted by atomic mass is 32.2. The maximum atomic E-state index is 13.9. The van der Waals surface area contributed by atoms with Crippen LogP contribution in [-0.4, -0.2) is 34.6 Å². The zero-order valence-corrected chi connectivity index (χ0v) is 22.4. The third-order valence-electron chi connectivity index (χ3n) is 6.90. The van der Waals surface area contributed by atoms with Crippen LogP contribution in [0.5, 0.6) is 5.75 Å². The molecule has 2 aliphatic heterocycles. The Kier molecular flexibility index (Phi) is 6.58. The van der Waals surface area contributed by atoms with Gasteiger partial charge in [0.15, 0.2) is 0 Å².